The molecule has 0 radical (unpaired) electrons. The third kappa shape index (κ3) is 5.29. The summed E-state index contributed by atoms with van der Waals surface area (Å²) < 4.78 is 7.41. The number of pyridine rings is 1. The highest BCUT2D eigenvalue weighted by molar-refractivity contribution is 7.26. The van der Waals surface area contributed by atoms with Crippen molar-refractivity contribution < 1.29 is 0 Å². The van der Waals surface area contributed by atoms with Crippen LogP contribution >= 0.6 is 11.3 Å². The minimum absolute atomic E-state index is 1.03. The van der Waals surface area contributed by atoms with E-state index in [4.69, 9.17) is 4.98 Å². The molecule has 0 fully saturated rings. The molecule has 0 N–H and O–H groups in total. The number of hydrogen-bond donors (Lipinski definition) is 0. The molecule has 13 rings (SSSR count). The molecule has 4 nitrogen and oxygen atoms in total. The molecule has 0 saturated heterocycles. The molecule has 13 aromatic rings. The quantitative estimate of drug-likeness (QED) is 0.167. The Morgan fingerprint density at radius 2 is 1.03 bits per heavy atom. The monoisotopic (exact) mass is 808 g/mol. The zero-order valence-electron chi connectivity index (χ0n) is 33.5. The van der Waals surface area contributed by atoms with Crippen molar-refractivity contribution in [3.63, 3.8) is 0 Å². The van der Waals surface area contributed by atoms with E-state index < -0.39 is 0 Å². The molecular formula is C57H36N4S. The second-order valence-electron chi connectivity index (χ2n) is 16.0. The van der Waals surface area contributed by atoms with E-state index in [0.717, 1.165) is 39.2 Å². The fraction of sp³-hybridized carbons (Fsp3) is 0. The Morgan fingerprint density at radius 3 is 1.85 bits per heavy atom. The smallest absolute Gasteiger partial charge is 0.0802 e. The minimum Gasteiger partial charge on any atom is -0.311 e. The Bertz CT molecular complexity index is 3840. The fourth-order valence-electron chi connectivity index (χ4n) is 9.76. The van der Waals surface area contributed by atoms with Gasteiger partial charge in [0, 0.05) is 77.0 Å². The summed E-state index contributed by atoms with van der Waals surface area (Å²) in [6.07, 6.45) is 1.91. The Morgan fingerprint density at radius 1 is 0.403 bits per heavy atom. The molecule has 9 aromatic carbocycles. The number of aromatic nitrogens is 3. The molecule has 0 aliphatic carbocycles. The Labute approximate surface area is 361 Å². The summed E-state index contributed by atoms with van der Waals surface area (Å²) in [6.45, 7) is 0. The van der Waals surface area contributed by atoms with Gasteiger partial charge in [-0.2, -0.15) is 0 Å². The molecule has 5 heteroatoms. The lowest BCUT2D eigenvalue weighted by atomic mass is 10.0. The average Bonchev–Trinajstić information content (AvgIpc) is 4.01. The maximum Gasteiger partial charge on any atom is 0.0802 e. The first kappa shape index (κ1) is 34.8. The first-order valence-electron chi connectivity index (χ1n) is 21.0. The van der Waals surface area contributed by atoms with Gasteiger partial charge in [0.25, 0.3) is 0 Å². The van der Waals surface area contributed by atoms with Gasteiger partial charge in [0.1, 0.15) is 0 Å². The number of para-hydroxylation sites is 3. The van der Waals surface area contributed by atoms with E-state index in [2.05, 4.69) is 220 Å². The predicted molar refractivity (Wildman–Crippen MR) is 263 cm³/mol. The third-order valence-corrected chi connectivity index (χ3v) is 13.7. The number of benzene rings is 9. The summed E-state index contributed by atoms with van der Waals surface area (Å²) in [7, 11) is 0. The van der Waals surface area contributed by atoms with E-state index >= 15 is 0 Å². The van der Waals surface area contributed by atoms with Gasteiger partial charge in [0.05, 0.1) is 32.3 Å². The zero-order valence-corrected chi connectivity index (χ0v) is 34.3. The largest absolute Gasteiger partial charge is 0.311 e. The highest BCUT2D eigenvalue weighted by Gasteiger charge is 2.21. The molecule has 62 heavy (non-hydrogen) atoms. The molecule has 0 saturated carbocycles. The predicted octanol–water partition coefficient (Wildman–Crippen LogP) is 15.9. The average molecular weight is 809 g/mol. The van der Waals surface area contributed by atoms with Gasteiger partial charge in [-0.05, 0) is 108 Å². The van der Waals surface area contributed by atoms with E-state index in [9.17, 15) is 0 Å². The van der Waals surface area contributed by atoms with Crippen LogP contribution in [0.3, 0.4) is 0 Å². The third-order valence-electron chi connectivity index (χ3n) is 12.5. The summed E-state index contributed by atoms with van der Waals surface area (Å²) in [5.74, 6) is 0. The van der Waals surface area contributed by atoms with Crippen molar-refractivity contribution in [1.82, 2.24) is 14.1 Å². The van der Waals surface area contributed by atoms with Crippen LogP contribution in [0.2, 0.25) is 0 Å². The molecule has 0 amide bonds. The Balaban J connectivity index is 0.927. The Kier molecular flexibility index (Phi) is 7.74. The van der Waals surface area contributed by atoms with Crippen LogP contribution in [0.1, 0.15) is 0 Å². The molecule has 0 aliphatic rings. The van der Waals surface area contributed by atoms with Crippen molar-refractivity contribution in [2.75, 3.05) is 4.90 Å². The van der Waals surface area contributed by atoms with Crippen LogP contribution in [0.25, 0.3) is 97.2 Å². The van der Waals surface area contributed by atoms with Crippen molar-refractivity contribution in [2.45, 2.75) is 0 Å². The number of rotatable bonds is 6. The first-order chi connectivity index (χ1) is 30.8. The van der Waals surface area contributed by atoms with Crippen LogP contribution in [0.4, 0.5) is 17.1 Å². The van der Waals surface area contributed by atoms with E-state index in [1.807, 2.05) is 23.6 Å². The van der Waals surface area contributed by atoms with Gasteiger partial charge < -0.3 is 14.0 Å². The van der Waals surface area contributed by atoms with Gasteiger partial charge in [-0.3, -0.25) is 4.98 Å². The molecule has 0 atom stereocenters. The van der Waals surface area contributed by atoms with E-state index in [1.165, 1.54) is 75.1 Å². The molecule has 0 spiro atoms. The normalized spacial score (nSPS) is 11.9. The number of thiophene rings is 1. The fourth-order valence-corrected chi connectivity index (χ4v) is 11.0. The number of nitrogens with zero attached hydrogens (tertiary/aromatic N) is 4. The summed E-state index contributed by atoms with van der Waals surface area (Å²) in [5, 5.41) is 8.64. The first-order valence-corrected chi connectivity index (χ1v) is 21.9. The minimum atomic E-state index is 1.03. The van der Waals surface area contributed by atoms with Crippen molar-refractivity contribution in [1.29, 1.82) is 0 Å². The highest BCUT2D eigenvalue weighted by Crippen LogP contribution is 2.45. The van der Waals surface area contributed by atoms with Crippen LogP contribution < -0.4 is 4.90 Å². The summed E-state index contributed by atoms with van der Waals surface area (Å²) >= 11 is 1.87. The lowest BCUT2D eigenvalue weighted by molar-refractivity contribution is 1.18. The number of anilines is 3. The number of fused-ring (bicyclic) bond motifs is 12. The second-order valence-corrected chi connectivity index (χ2v) is 17.0. The maximum atomic E-state index is 4.94. The maximum absolute atomic E-state index is 4.94. The SMILES string of the molecule is c1ccc(N(c2ccc(-c3ccc4c(c3)c3ccccc3n4-c3ccccc3)cc2)c2ccc(-n3c4ccc5cccnc5c4c4ccc5c6ccccc6sc5c43)cc2)cc1. The van der Waals surface area contributed by atoms with Gasteiger partial charge in [-0.15, -0.1) is 11.3 Å². The van der Waals surface area contributed by atoms with E-state index in [-0.39, 0.29) is 0 Å². The summed E-state index contributed by atoms with van der Waals surface area (Å²) in [5.41, 5.74) is 13.8. The molecule has 4 heterocycles. The lowest BCUT2D eigenvalue weighted by Crippen LogP contribution is -2.10. The van der Waals surface area contributed by atoms with Crippen molar-refractivity contribution in [3.05, 3.63) is 219 Å². The number of hydrogen-bond acceptors (Lipinski definition) is 3. The highest BCUT2D eigenvalue weighted by atomic mass is 32.1. The van der Waals surface area contributed by atoms with Crippen LogP contribution in [0.15, 0.2) is 219 Å². The second kappa shape index (κ2) is 13.8. The molecule has 0 bridgehead atoms. The van der Waals surface area contributed by atoms with Crippen molar-refractivity contribution >= 4 is 103 Å². The standard InChI is InChI=1S/C57H36N4S/c1-3-13-40(14-4-1)59(42-25-21-37(22-26-42)39-24-33-51-49(36-39)45-17-7-9-19-50(45)60(51)41-15-5-2-6-16-41)43-27-29-44(30-28-43)61-52-34-23-38-12-11-35-58-55(38)54(52)48-32-31-47-46-18-8-10-20-53(46)62-57(47)56(48)61/h1-36H. The van der Waals surface area contributed by atoms with Gasteiger partial charge in [0.15, 0.2) is 0 Å². The van der Waals surface area contributed by atoms with Gasteiger partial charge in [0.2, 0.25) is 0 Å². The van der Waals surface area contributed by atoms with Crippen molar-refractivity contribution in [3.8, 4) is 22.5 Å². The molecular weight excluding hydrogens is 773 g/mol. The van der Waals surface area contributed by atoms with Crippen LogP contribution in [-0.2, 0) is 0 Å². The summed E-state index contributed by atoms with van der Waals surface area (Å²) in [6, 6.07) is 77.0. The lowest BCUT2D eigenvalue weighted by Gasteiger charge is -2.26. The molecule has 290 valence electrons. The van der Waals surface area contributed by atoms with Crippen molar-refractivity contribution in [2.24, 2.45) is 0 Å². The molecule has 0 aliphatic heterocycles. The van der Waals surface area contributed by atoms with Gasteiger partial charge >= 0.3 is 0 Å². The van der Waals surface area contributed by atoms with Gasteiger partial charge in [-0.1, -0.05) is 115 Å². The van der Waals surface area contributed by atoms with E-state index in [0.29, 0.717) is 0 Å². The van der Waals surface area contributed by atoms with Crippen LogP contribution in [0.5, 0.6) is 0 Å². The van der Waals surface area contributed by atoms with E-state index in [1.54, 1.807) is 0 Å². The Hall–Kier alpha value is -7.99. The van der Waals surface area contributed by atoms with Crippen LogP contribution in [0, 0.1) is 0 Å². The molecule has 0 unspecified atom stereocenters. The van der Waals surface area contributed by atoms with Crippen LogP contribution in [-0.4, -0.2) is 14.1 Å². The van der Waals surface area contributed by atoms with Gasteiger partial charge in [-0.25, -0.2) is 0 Å². The topological polar surface area (TPSA) is 26.0 Å². The molecule has 4 aromatic heterocycles. The zero-order chi connectivity index (χ0) is 40.7. The summed E-state index contributed by atoms with van der Waals surface area (Å²) in [4.78, 5) is 7.28.